The molecule has 0 aromatic heterocycles. The number of aryl methyl sites for hydroxylation is 1. The third kappa shape index (κ3) is 3.47. The molecule has 2 aliphatic rings. The van der Waals surface area contributed by atoms with Gasteiger partial charge in [0.05, 0.1) is 11.4 Å². The summed E-state index contributed by atoms with van der Waals surface area (Å²) in [5.41, 5.74) is 5.98. The fraction of sp³-hybridized carbons (Fsp3) is 0.0370. The zero-order valence-corrected chi connectivity index (χ0v) is 17.7. The van der Waals surface area contributed by atoms with Crippen molar-refractivity contribution < 1.29 is 19.2 Å². The fourth-order valence-electron chi connectivity index (χ4n) is 4.17. The Balaban J connectivity index is 1.50. The lowest BCUT2D eigenvalue weighted by atomic mass is 9.91. The van der Waals surface area contributed by atoms with Gasteiger partial charge in [-0.05, 0) is 59.0 Å². The largest absolute Gasteiger partial charge is 0.269 e. The highest BCUT2D eigenvalue weighted by Gasteiger charge is 2.26. The Bertz CT molecular complexity index is 1350. The molecule has 33 heavy (non-hydrogen) atoms. The SMILES string of the molecule is Cc1cccc(-c2ccc(N3C(=O)C=CC3=O)cc2)c1-c1ccc(N2C(=O)C=CC2=O)cc1. The Labute approximate surface area is 190 Å². The summed E-state index contributed by atoms with van der Waals surface area (Å²) in [6, 6.07) is 20.6. The predicted octanol–water partition coefficient (Wildman–Crippen LogP) is 4.19. The zero-order chi connectivity index (χ0) is 23.1. The van der Waals surface area contributed by atoms with E-state index in [0.717, 1.165) is 37.6 Å². The summed E-state index contributed by atoms with van der Waals surface area (Å²) in [6.07, 6.45) is 5.05. The van der Waals surface area contributed by atoms with Gasteiger partial charge < -0.3 is 0 Å². The molecule has 5 rings (SSSR count). The Morgan fingerprint density at radius 1 is 0.515 bits per heavy atom. The first-order chi connectivity index (χ1) is 15.9. The summed E-state index contributed by atoms with van der Waals surface area (Å²) in [5.74, 6) is -1.41. The van der Waals surface area contributed by atoms with Crippen molar-refractivity contribution in [3.05, 3.63) is 96.6 Å². The van der Waals surface area contributed by atoms with E-state index < -0.39 is 0 Å². The molecule has 2 aliphatic heterocycles. The maximum atomic E-state index is 12.0. The van der Waals surface area contributed by atoms with Crippen LogP contribution in [0.4, 0.5) is 11.4 Å². The number of rotatable bonds is 4. The molecule has 0 bridgehead atoms. The first-order valence-electron chi connectivity index (χ1n) is 10.4. The van der Waals surface area contributed by atoms with E-state index in [9.17, 15) is 19.2 Å². The van der Waals surface area contributed by atoms with E-state index in [2.05, 4.69) is 0 Å². The molecule has 0 radical (unpaired) electrons. The summed E-state index contributed by atoms with van der Waals surface area (Å²) in [6.45, 7) is 2.02. The highest BCUT2D eigenvalue weighted by atomic mass is 16.2. The number of nitrogens with zero attached hydrogens (tertiary/aromatic N) is 2. The van der Waals surface area contributed by atoms with Gasteiger partial charge >= 0.3 is 0 Å². The number of carbonyl (C=O) groups excluding carboxylic acids is 4. The van der Waals surface area contributed by atoms with Crippen molar-refractivity contribution in [1.29, 1.82) is 0 Å². The van der Waals surface area contributed by atoms with Gasteiger partial charge in [-0.1, -0.05) is 42.5 Å². The third-order valence-electron chi connectivity index (χ3n) is 5.74. The lowest BCUT2D eigenvalue weighted by molar-refractivity contribution is -0.121. The molecule has 0 aliphatic carbocycles. The van der Waals surface area contributed by atoms with Crippen molar-refractivity contribution in [2.75, 3.05) is 9.80 Å². The molecule has 0 saturated heterocycles. The standard InChI is InChI=1S/C27H18N2O4/c1-17-3-2-4-22(18-5-9-20(10-6-18)28-23(30)13-14-24(28)31)27(17)19-7-11-21(12-8-19)29-25(32)15-16-26(29)33/h2-16H,1H3. The molecule has 4 amide bonds. The number of carbonyl (C=O) groups is 4. The maximum absolute atomic E-state index is 12.0. The lowest BCUT2D eigenvalue weighted by Gasteiger charge is -2.18. The van der Waals surface area contributed by atoms with E-state index in [-0.39, 0.29) is 23.6 Å². The number of benzene rings is 3. The summed E-state index contributed by atoms with van der Waals surface area (Å²) in [4.78, 5) is 50.1. The van der Waals surface area contributed by atoms with Gasteiger partial charge in [0.2, 0.25) is 0 Å². The van der Waals surface area contributed by atoms with E-state index in [1.54, 1.807) is 24.3 Å². The Morgan fingerprint density at radius 3 is 1.39 bits per heavy atom. The molecular formula is C27H18N2O4. The molecule has 2 heterocycles. The molecular weight excluding hydrogens is 416 g/mol. The summed E-state index contributed by atoms with van der Waals surface area (Å²) in [5, 5.41) is 0. The van der Waals surface area contributed by atoms with Crippen molar-refractivity contribution >= 4 is 35.0 Å². The fourth-order valence-corrected chi connectivity index (χ4v) is 4.17. The number of hydrogen-bond acceptors (Lipinski definition) is 4. The van der Waals surface area contributed by atoms with Gasteiger partial charge in [0.1, 0.15) is 0 Å². The molecule has 160 valence electrons. The van der Waals surface area contributed by atoms with Crippen LogP contribution >= 0.6 is 0 Å². The minimum Gasteiger partial charge on any atom is -0.269 e. The first kappa shape index (κ1) is 20.3. The van der Waals surface area contributed by atoms with Crippen LogP contribution in [0.5, 0.6) is 0 Å². The molecule has 0 spiro atoms. The van der Waals surface area contributed by atoms with Crippen LogP contribution < -0.4 is 9.80 Å². The van der Waals surface area contributed by atoms with Crippen LogP contribution in [0.1, 0.15) is 5.56 Å². The van der Waals surface area contributed by atoms with E-state index in [1.807, 2.05) is 49.4 Å². The maximum Gasteiger partial charge on any atom is 0.258 e. The van der Waals surface area contributed by atoms with Crippen molar-refractivity contribution in [2.45, 2.75) is 6.92 Å². The van der Waals surface area contributed by atoms with Gasteiger partial charge in [0.15, 0.2) is 0 Å². The highest BCUT2D eigenvalue weighted by Crippen LogP contribution is 2.36. The van der Waals surface area contributed by atoms with Crippen LogP contribution in [-0.4, -0.2) is 23.6 Å². The van der Waals surface area contributed by atoms with Crippen LogP contribution in [0.3, 0.4) is 0 Å². The Kier molecular flexibility index (Phi) is 4.83. The monoisotopic (exact) mass is 434 g/mol. The first-order valence-corrected chi connectivity index (χ1v) is 10.4. The van der Waals surface area contributed by atoms with Crippen LogP contribution in [0, 0.1) is 6.92 Å². The van der Waals surface area contributed by atoms with Gasteiger partial charge in [-0.25, -0.2) is 9.80 Å². The van der Waals surface area contributed by atoms with E-state index in [1.165, 1.54) is 24.3 Å². The molecule has 6 heteroatoms. The zero-order valence-electron chi connectivity index (χ0n) is 17.7. The summed E-state index contributed by atoms with van der Waals surface area (Å²) in [7, 11) is 0. The van der Waals surface area contributed by atoms with Crippen LogP contribution in [0.25, 0.3) is 22.3 Å². The molecule has 0 N–H and O–H groups in total. The minimum absolute atomic E-state index is 0.352. The van der Waals surface area contributed by atoms with Crippen molar-refractivity contribution in [1.82, 2.24) is 0 Å². The minimum atomic E-state index is -0.353. The number of hydrogen-bond donors (Lipinski definition) is 0. The number of amides is 4. The van der Waals surface area contributed by atoms with Gasteiger partial charge in [0.25, 0.3) is 23.6 Å². The molecule has 3 aromatic rings. The third-order valence-corrected chi connectivity index (χ3v) is 5.74. The van der Waals surface area contributed by atoms with Gasteiger partial charge in [0, 0.05) is 24.3 Å². The van der Waals surface area contributed by atoms with Crippen molar-refractivity contribution in [3.8, 4) is 22.3 Å². The normalized spacial score (nSPS) is 15.3. The van der Waals surface area contributed by atoms with Gasteiger partial charge in [-0.3, -0.25) is 19.2 Å². The second kappa shape index (κ2) is 7.84. The smallest absolute Gasteiger partial charge is 0.258 e. The Hall–Kier alpha value is -4.58. The van der Waals surface area contributed by atoms with Gasteiger partial charge in [-0.2, -0.15) is 0 Å². The van der Waals surface area contributed by atoms with Crippen LogP contribution in [0.15, 0.2) is 91.0 Å². The second-order valence-corrected chi connectivity index (χ2v) is 7.78. The average Bonchev–Trinajstić information content (AvgIpc) is 3.34. The lowest BCUT2D eigenvalue weighted by Crippen LogP contribution is -2.29. The highest BCUT2D eigenvalue weighted by molar-refractivity contribution is 6.28. The molecule has 0 saturated carbocycles. The molecule has 3 aromatic carbocycles. The van der Waals surface area contributed by atoms with Gasteiger partial charge in [-0.15, -0.1) is 0 Å². The molecule has 0 unspecified atom stereocenters. The van der Waals surface area contributed by atoms with Crippen molar-refractivity contribution in [3.63, 3.8) is 0 Å². The van der Waals surface area contributed by atoms with E-state index in [4.69, 9.17) is 0 Å². The van der Waals surface area contributed by atoms with Crippen LogP contribution in [-0.2, 0) is 19.2 Å². The number of imide groups is 2. The van der Waals surface area contributed by atoms with Crippen molar-refractivity contribution in [2.24, 2.45) is 0 Å². The van der Waals surface area contributed by atoms with Crippen LogP contribution in [0.2, 0.25) is 0 Å². The quantitative estimate of drug-likeness (QED) is 0.577. The molecule has 0 atom stereocenters. The van der Waals surface area contributed by atoms with E-state index >= 15 is 0 Å². The predicted molar refractivity (Wildman–Crippen MR) is 125 cm³/mol. The number of anilines is 2. The molecule has 6 nitrogen and oxygen atoms in total. The second-order valence-electron chi connectivity index (χ2n) is 7.78. The summed E-state index contributed by atoms with van der Waals surface area (Å²) >= 11 is 0. The van der Waals surface area contributed by atoms with E-state index in [0.29, 0.717) is 11.4 Å². The Morgan fingerprint density at radius 2 is 0.939 bits per heavy atom. The summed E-state index contributed by atoms with van der Waals surface area (Å²) < 4.78 is 0. The topological polar surface area (TPSA) is 74.8 Å². The molecule has 0 fully saturated rings. The average molecular weight is 434 g/mol.